The molecule has 1 saturated heterocycles. The maximum atomic E-state index is 12.0. The molecule has 1 heterocycles. The summed E-state index contributed by atoms with van der Waals surface area (Å²) in [5, 5.41) is 12.0. The highest BCUT2D eigenvalue weighted by Gasteiger charge is 2.27. The van der Waals surface area contributed by atoms with E-state index in [4.69, 9.17) is 5.11 Å². The van der Waals surface area contributed by atoms with Crippen LogP contribution in [0.5, 0.6) is 5.75 Å². The minimum Gasteiger partial charge on any atom is -0.480 e. The number of nitrogens with one attached hydrogen (secondary N) is 1. The molecule has 0 aromatic heterocycles. The Kier molecular flexibility index (Phi) is 4.60. The normalized spacial score (nSPS) is 23.3. The van der Waals surface area contributed by atoms with Gasteiger partial charge in [0, 0.05) is 17.5 Å². The summed E-state index contributed by atoms with van der Waals surface area (Å²) in [5.74, 6) is 0.490. The average Bonchev–Trinajstić information content (AvgIpc) is 2.39. The zero-order chi connectivity index (χ0) is 13.8. The second kappa shape index (κ2) is 6.21. The van der Waals surface area contributed by atoms with Crippen LogP contribution < -0.4 is 10.1 Å². The Labute approximate surface area is 113 Å². The van der Waals surface area contributed by atoms with Gasteiger partial charge in [0.05, 0.1) is 0 Å². The second-order valence-corrected chi connectivity index (χ2v) is 5.17. The van der Waals surface area contributed by atoms with Gasteiger partial charge in [-0.3, -0.25) is 10.1 Å². The summed E-state index contributed by atoms with van der Waals surface area (Å²) in [6, 6.07) is 5.57. The Morgan fingerprint density at radius 1 is 1.37 bits per heavy atom. The SMILES string of the molecule is O=C(O)C1CSCC(c2ccc(OC(F)F)cc2)N1. The minimum atomic E-state index is -2.84. The summed E-state index contributed by atoms with van der Waals surface area (Å²) < 4.78 is 28.3. The van der Waals surface area contributed by atoms with Gasteiger partial charge in [0.1, 0.15) is 11.8 Å². The number of thioether (sulfide) groups is 1. The summed E-state index contributed by atoms with van der Waals surface area (Å²) >= 11 is 1.55. The summed E-state index contributed by atoms with van der Waals surface area (Å²) in [7, 11) is 0. The number of benzene rings is 1. The molecule has 4 nitrogen and oxygen atoms in total. The van der Waals surface area contributed by atoms with Gasteiger partial charge in [0.2, 0.25) is 0 Å². The van der Waals surface area contributed by atoms with Crippen LogP contribution in [0.3, 0.4) is 0 Å². The largest absolute Gasteiger partial charge is 0.480 e. The van der Waals surface area contributed by atoms with Crippen molar-refractivity contribution in [1.82, 2.24) is 5.32 Å². The number of hydrogen-bond donors (Lipinski definition) is 2. The second-order valence-electron chi connectivity index (χ2n) is 4.10. The van der Waals surface area contributed by atoms with Crippen LogP contribution in [-0.2, 0) is 4.79 Å². The smallest absolute Gasteiger partial charge is 0.387 e. The Morgan fingerprint density at radius 3 is 2.63 bits per heavy atom. The van der Waals surface area contributed by atoms with E-state index in [0.29, 0.717) is 5.75 Å². The number of hydrogen-bond acceptors (Lipinski definition) is 4. The molecule has 0 bridgehead atoms. The molecule has 0 saturated carbocycles. The minimum absolute atomic E-state index is 0.0944. The molecule has 1 aromatic carbocycles. The lowest BCUT2D eigenvalue weighted by Crippen LogP contribution is -2.45. The van der Waals surface area contributed by atoms with Crippen LogP contribution in [0.15, 0.2) is 24.3 Å². The highest BCUT2D eigenvalue weighted by molar-refractivity contribution is 7.99. The number of ether oxygens (including phenoxy) is 1. The lowest BCUT2D eigenvalue weighted by Gasteiger charge is -2.28. The molecule has 0 radical (unpaired) electrons. The molecule has 2 unspecified atom stereocenters. The van der Waals surface area contributed by atoms with Crippen molar-refractivity contribution < 1.29 is 23.4 Å². The van der Waals surface area contributed by atoms with Crippen LogP contribution in [0.1, 0.15) is 11.6 Å². The summed E-state index contributed by atoms with van der Waals surface area (Å²) in [6.07, 6.45) is 0. The summed E-state index contributed by atoms with van der Waals surface area (Å²) in [4.78, 5) is 10.9. The molecule has 0 spiro atoms. The van der Waals surface area contributed by atoms with Crippen molar-refractivity contribution in [1.29, 1.82) is 0 Å². The molecular formula is C12H13F2NO3S. The Morgan fingerprint density at radius 2 is 2.05 bits per heavy atom. The van der Waals surface area contributed by atoms with E-state index in [1.807, 2.05) is 0 Å². The van der Waals surface area contributed by atoms with E-state index in [-0.39, 0.29) is 11.8 Å². The third kappa shape index (κ3) is 3.81. The van der Waals surface area contributed by atoms with Gasteiger partial charge in [0.15, 0.2) is 0 Å². The highest BCUT2D eigenvalue weighted by Crippen LogP contribution is 2.26. The first-order chi connectivity index (χ1) is 9.06. The van der Waals surface area contributed by atoms with Crippen molar-refractivity contribution in [2.24, 2.45) is 0 Å². The number of rotatable bonds is 4. The fraction of sp³-hybridized carbons (Fsp3) is 0.417. The summed E-state index contributed by atoms with van der Waals surface area (Å²) in [6.45, 7) is -2.84. The maximum Gasteiger partial charge on any atom is 0.387 e. The van der Waals surface area contributed by atoms with Gasteiger partial charge in [-0.2, -0.15) is 20.5 Å². The molecule has 1 aliphatic rings. The third-order valence-corrected chi connectivity index (χ3v) is 3.92. The number of carboxylic acid groups (broad SMARTS) is 1. The zero-order valence-electron chi connectivity index (χ0n) is 9.88. The van der Waals surface area contributed by atoms with Crippen LogP contribution in [0.4, 0.5) is 8.78 Å². The van der Waals surface area contributed by atoms with E-state index in [9.17, 15) is 13.6 Å². The third-order valence-electron chi connectivity index (χ3n) is 2.78. The van der Waals surface area contributed by atoms with Crippen molar-refractivity contribution in [2.75, 3.05) is 11.5 Å². The lowest BCUT2D eigenvalue weighted by atomic mass is 10.1. The van der Waals surface area contributed by atoms with Gasteiger partial charge in [-0.05, 0) is 17.7 Å². The van der Waals surface area contributed by atoms with E-state index in [1.54, 1.807) is 23.9 Å². The molecule has 2 rings (SSSR count). The van der Waals surface area contributed by atoms with Crippen LogP contribution in [0.25, 0.3) is 0 Å². The highest BCUT2D eigenvalue weighted by atomic mass is 32.2. The molecule has 2 N–H and O–H groups in total. The van der Waals surface area contributed by atoms with E-state index < -0.39 is 18.6 Å². The molecule has 0 amide bonds. The Hall–Kier alpha value is -1.34. The fourth-order valence-corrected chi connectivity index (χ4v) is 2.99. The molecule has 1 aliphatic heterocycles. The standard InChI is InChI=1S/C12H13F2NO3S/c13-12(14)18-8-3-1-7(2-4-8)9-5-19-6-10(15-9)11(16)17/h1-4,9-10,12,15H,5-6H2,(H,16,17). The number of carbonyl (C=O) groups is 1. The molecule has 104 valence electrons. The number of carboxylic acids is 1. The monoisotopic (exact) mass is 289 g/mol. The fourth-order valence-electron chi connectivity index (χ4n) is 1.86. The van der Waals surface area contributed by atoms with Crippen LogP contribution >= 0.6 is 11.8 Å². The Bertz CT molecular complexity index is 441. The topological polar surface area (TPSA) is 58.6 Å². The van der Waals surface area contributed by atoms with E-state index in [1.165, 1.54) is 12.1 Å². The predicted molar refractivity (Wildman–Crippen MR) is 67.7 cm³/mol. The van der Waals surface area contributed by atoms with E-state index in [0.717, 1.165) is 11.3 Å². The van der Waals surface area contributed by atoms with Crippen LogP contribution in [0.2, 0.25) is 0 Å². The van der Waals surface area contributed by atoms with Crippen molar-refractivity contribution >= 4 is 17.7 Å². The zero-order valence-corrected chi connectivity index (χ0v) is 10.7. The van der Waals surface area contributed by atoms with Crippen molar-refractivity contribution in [3.8, 4) is 5.75 Å². The molecule has 0 aliphatic carbocycles. The number of aliphatic carboxylic acids is 1. The van der Waals surface area contributed by atoms with Crippen molar-refractivity contribution in [3.63, 3.8) is 0 Å². The van der Waals surface area contributed by atoms with Crippen LogP contribution in [-0.4, -0.2) is 35.2 Å². The van der Waals surface area contributed by atoms with Gasteiger partial charge in [-0.1, -0.05) is 12.1 Å². The molecule has 1 aromatic rings. The van der Waals surface area contributed by atoms with E-state index >= 15 is 0 Å². The number of halogens is 2. The quantitative estimate of drug-likeness (QED) is 0.889. The molecule has 2 atom stereocenters. The van der Waals surface area contributed by atoms with Crippen molar-refractivity contribution in [3.05, 3.63) is 29.8 Å². The first kappa shape index (κ1) is 14.1. The maximum absolute atomic E-state index is 12.0. The summed E-state index contributed by atoms with van der Waals surface area (Å²) in [5.41, 5.74) is 0.861. The predicted octanol–water partition coefficient (Wildman–Crippen LogP) is 2.12. The van der Waals surface area contributed by atoms with Crippen LogP contribution in [0, 0.1) is 0 Å². The van der Waals surface area contributed by atoms with Gasteiger partial charge in [-0.25, -0.2) is 0 Å². The van der Waals surface area contributed by atoms with E-state index in [2.05, 4.69) is 10.1 Å². The van der Waals surface area contributed by atoms with Gasteiger partial charge in [0.25, 0.3) is 0 Å². The van der Waals surface area contributed by atoms with Crippen molar-refractivity contribution in [2.45, 2.75) is 18.7 Å². The first-order valence-electron chi connectivity index (χ1n) is 5.67. The van der Waals surface area contributed by atoms with Gasteiger partial charge in [-0.15, -0.1) is 0 Å². The first-order valence-corrected chi connectivity index (χ1v) is 6.83. The molecule has 1 fully saturated rings. The van der Waals surface area contributed by atoms with Gasteiger partial charge >= 0.3 is 12.6 Å². The lowest BCUT2D eigenvalue weighted by molar-refractivity contribution is -0.139. The Balaban J connectivity index is 2.03. The molecule has 7 heteroatoms. The average molecular weight is 289 g/mol. The van der Waals surface area contributed by atoms with Gasteiger partial charge < -0.3 is 9.84 Å². The number of alkyl halides is 2. The molecular weight excluding hydrogens is 276 g/mol. The molecule has 19 heavy (non-hydrogen) atoms.